The van der Waals surface area contributed by atoms with Crippen molar-refractivity contribution in [3.63, 3.8) is 0 Å². The molecule has 3 aromatic carbocycles. The fourth-order valence-electron chi connectivity index (χ4n) is 4.80. The third-order valence-electron chi connectivity index (χ3n) is 6.76. The van der Waals surface area contributed by atoms with E-state index in [1.165, 1.54) is 0 Å². The summed E-state index contributed by atoms with van der Waals surface area (Å²) in [6.45, 7) is 3.81. The maximum absolute atomic E-state index is 12.7. The molecule has 0 radical (unpaired) electrons. The second-order valence-electron chi connectivity index (χ2n) is 9.31. The molecule has 0 unspecified atom stereocenters. The van der Waals surface area contributed by atoms with E-state index in [1.807, 2.05) is 79.7 Å². The van der Waals surface area contributed by atoms with Crippen molar-refractivity contribution in [1.82, 2.24) is 10.2 Å². The Labute approximate surface area is 217 Å². The molecule has 0 atom stereocenters. The molecule has 3 aromatic rings. The summed E-state index contributed by atoms with van der Waals surface area (Å²) in [4.78, 5) is 26.3. The van der Waals surface area contributed by atoms with Crippen molar-refractivity contribution in [3.05, 3.63) is 102 Å². The van der Waals surface area contributed by atoms with Gasteiger partial charge in [-0.2, -0.15) is 0 Å². The second-order valence-corrected chi connectivity index (χ2v) is 9.31. The van der Waals surface area contributed by atoms with Crippen LogP contribution in [0.4, 0.5) is 15.3 Å². The molecule has 7 nitrogen and oxygen atoms in total. The zero-order valence-corrected chi connectivity index (χ0v) is 20.9. The minimum atomic E-state index is -0.502. The molecule has 7 heteroatoms. The number of anilines is 1. The van der Waals surface area contributed by atoms with Crippen LogP contribution in [-0.4, -0.2) is 42.3 Å². The molecule has 37 heavy (non-hydrogen) atoms. The molecule has 2 N–H and O–H groups in total. The highest BCUT2D eigenvalue weighted by Crippen LogP contribution is 2.43. The molecule has 2 aliphatic heterocycles. The molecule has 2 heterocycles. The molecule has 1 spiro atoms. The van der Waals surface area contributed by atoms with Gasteiger partial charge in [0.15, 0.2) is 0 Å². The number of ether oxygens (including phenoxy) is 2. The van der Waals surface area contributed by atoms with Crippen molar-refractivity contribution in [3.8, 4) is 5.75 Å². The van der Waals surface area contributed by atoms with Gasteiger partial charge in [0.2, 0.25) is 0 Å². The molecule has 0 aliphatic carbocycles. The Hall–Kier alpha value is -4.26. The summed E-state index contributed by atoms with van der Waals surface area (Å²) in [5.74, 6) is 0.838. The molecule has 1 saturated heterocycles. The van der Waals surface area contributed by atoms with Gasteiger partial charge in [0.1, 0.15) is 18.0 Å². The number of hydrogen-bond acceptors (Lipinski definition) is 4. The number of likely N-dealkylation sites (tertiary alicyclic amines) is 1. The smallest absolute Gasteiger partial charge is 0.410 e. The number of piperidine rings is 1. The van der Waals surface area contributed by atoms with E-state index in [2.05, 4.69) is 22.8 Å². The first-order valence-electron chi connectivity index (χ1n) is 12.7. The van der Waals surface area contributed by atoms with Gasteiger partial charge in [-0.3, -0.25) is 0 Å². The van der Waals surface area contributed by atoms with Gasteiger partial charge in [-0.15, -0.1) is 0 Å². The number of rotatable bonds is 5. The fraction of sp³-hybridized carbons (Fsp3) is 0.267. The number of fused-ring (bicyclic) bond motifs is 1. The van der Waals surface area contributed by atoms with Gasteiger partial charge >= 0.3 is 12.1 Å². The van der Waals surface area contributed by atoms with Gasteiger partial charge in [0.05, 0.1) is 0 Å². The summed E-state index contributed by atoms with van der Waals surface area (Å²) < 4.78 is 12.1. The SMILES string of the molecule is CCNC(=O)Nc1ccc(C2=CC3(CCN(C(=O)OCc4ccccc4)CC3)Oc3ccccc32)cc1. The Morgan fingerprint density at radius 1 is 0.946 bits per heavy atom. The molecule has 0 bridgehead atoms. The quantitative estimate of drug-likeness (QED) is 0.465. The highest BCUT2D eigenvalue weighted by molar-refractivity contribution is 5.90. The summed E-state index contributed by atoms with van der Waals surface area (Å²) in [6.07, 6.45) is 3.24. The van der Waals surface area contributed by atoms with Crippen LogP contribution in [0.5, 0.6) is 5.75 Å². The summed E-state index contributed by atoms with van der Waals surface area (Å²) in [5, 5.41) is 5.58. The molecule has 3 amide bonds. The largest absolute Gasteiger partial charge is 0.482 e. The van der Waals surface area contributed by atoms with Crippen molar-refractivity contribution in [2.24, 2.45) is 0 Å². The standard InChI is InChI=1S/C30H31N3O4/c1-2-31-28(34)32-24-14-12-23(13-15-24)26-20-30(37-27-11-7-6-10-25(26)27)16-18-33(19-17-30)29(35)36-21-22-8-4-3-5-9-22/h3-15,20H,2,16-19,21H2,1H3,(H2,31,32,34). The normalized spacial score (nSPS) is 15.7. The third-order valence-corrected chi connectivity index (χ3v) is 6.76. The molecule has 0 aromatic heterocycles. The highest BCUT2D eigenvalue weighted by Gasteiger charge is 2.40. The van der Waals surface area contributed by atoms with Crippen LogP contribution in [0, 0.1) is 0 Å². The predicted octanol–water partition coefficient (Wildman–Crippen LogP) is 5.82. The number of nitrogens with one attached hydrogen (secondary N) is 2. The number of benzene rings is 3. The van der Waals surface area contributed by atoms with Crippen molar-refractivity contribution in [2.75, 3.05) is 25.0 Å². The van der Waals surface area contributed by atoms with E-state index in [-0.39, 0.29) is 18.7 Å². The van der Waals surface area contributed by atoms with E-state index >= 15 is 0 Å². The summed E-state index contributed by atoms with van der Waals surface area (Å²) in [7, 11) is 0. The van der Waals surface area contributed by atoms with Gasteiger partial charge in [0.25, 0.3) is 0 Å². The van der Waals surface area contributed by atoms with E-state index in [0.29, 0.717) is 32.5 Å². The lowest BCUT2D eigenvalue weighted by atomic mass is 9.83. The average molecular weight is 498 g/mol. The molecule has 190 valence electrons. The van der Waals surface area contributed by atoms with Gasteiger partial charge in [-0.1, -0.05) is 60.7 Å². The third kappa shape index (κ3) is 5.61. The Kier molecular flexibility index (Phi) is 7.12. The van der Waals surface area contributed by atoms with Crippen LogP contribution in [0.1, 0.15) is 36.5 Å². The van der Waals surface area contributed by atoms with E-state index in [4.69, 9.17) is 9.47 Å². The zero-order valence-electron chi connectivity index (χ0n) is 20.9. The van der Waals surface area contributed by atoms with E-state index < -0.39 is 5.60 Å². The van der Waals surface area contributed by atoms with Crippen molar-refractivity contribution >= 4 is 23.4 Å². The Morgan fingerprint density at radius 3 is 2.38 bits per heavy atom. The number of nitrogens with zero attached hydrogens (tertiary/aromatic N) is 1. The van der Waals surface area contributed by atoms with Crippen LogP contribution in [0.15, 0.2) is 84.9 Å². The molecule has 5 rings (SSSR count). The van der Waals surface area contributed by atoms with Gasteiger partial charge in [0, 0.05) is 43.7 Å². The first-order chi connectivity index (χ1) is 18.0. The van der Waals surface area contributed by atoms with Crippen molar-refractivity contribution in [2.45, 2.75) is 32.0 Å². The van der Waals surface area contributed by atoms with Gasteiger partial charge < -0.3 is 25.0 Å². The van der Waals surface area contributed by atoms with Crippen LogP contribution < -0.4 is 15.4 Å². The number of carbonyl (C=O) groups excluding carboxylic acids is 2. The Morgan fingerprint density at radius 2 is 1.65 bits per heavy atom. The van der Waals surface area contributed by atoms with E-state index in [0.717, 1.165) is 33.7 Å². The first-order valence-corrected chi connectivity index (χ1v) is 12.7. The lowest BCUT2D eigenvalue weighted by Gasteiger charge is -2.42. The van der Waals surface area contributed by atoms with Gasteiger partial charge in [-0.05, 0) is 47.9 Å². The Bertz CT molecular complexity index is 1280. The Balaban J connectivity index is 1.31. The minimum absolute atomic E-state index is 0.223. The lowest BCUT2D eigenvalue weighted by molar-refractivity contribution is 0.0285. The van der Waals surface area contributed by atoms with Crippen LogP contribution in [0.2, 0.25) is 0 Å². The lowest BCUT2D eigenvalue weighted by Crippen LogP contribution is -2.49. The van der Waals surface area contributed by atoms with Crippen LogP contribution in [0.25, 0.3) is 5.57 Å². The van der Waals surface area contributed by atoms with Gasteiger partial charge in [-0.25, -0.2) is 9.59 Å². The molecule has 1 fully saturated rings. The number of carbonyl (C=O) groups is 2. The van der Waals surface area contributed by atoms with Crippen LogP contribution in [-0.2, 0) is 11.3 Å². The summed E-state index contributed by atoms with van der Waals surface area (Å²) in [6, 6.07) is 25.3. The number of para-hydroxylation sites is 1. The van der Waals surface area contributed by atoms with E-state index in [9.17, 15) is 9.59 Å². The number of amides is 3. The second kappa shape index (κ2) is 10.8. The molecule has 0 saturated carbocycles. The minimum Gasteiger partial charge on any atom is -0.482 e. The average Bonchev–Trinajstić information content (AvgIpc) is 2.93. The molecular formula is C30H31N3O4. The monoisotopic (exact) mass is 497 g/mol. The maximum atomic E-state index is 12.7. The van der Waals surface area contributed by atoms with Crippen molar-refractivity contribution < 1.29 is 19.1 Å². The van der Waals surface area contributed by atoms with Crippen LogP contribution in [0.3, 0.4) is 0 Å². The topological polar surface area (TPSA) is 79.9 Å². The number of hydrogen-bond donors (Lipinski definition) is 2. The fourth-order valence-corrected chi connectivity index (χ4v) is 4.80. The summed E-state index contributed by atoms with van der Waals surface area (Å²) >= 11 is 0. The maximum Gasteiger partial charge on any atom is 0.410 e. The van der Waals surface area contributed by atoms with Crippen LogP contribution >= 0.6 is 0 Å². The zero-order chi connectivity index (χ0) is 25.7. The molecule has 2 aliphatic rings. The predicted molar refractivity (Wildman–Crippen MR) is 143 cm³/mol. The summed E-state index contributed by atoms with van der Waals surface area (Å²) in [5.41, 5.74) is 4.36. The number of urea groups is 1. The van der Waals surface area contributed by atoms with Crippen molar-refractivity contribution in [1.29, 1.82) is 0 Å². The first kappa shape index (κ1) is 24.4. The highest BCUT2D eigenvalue weighted by atomic mass is 16.6. The molecular weight excluding hydrogens is 466 g/mol. The van der Waals surface area contributed by atoms with E-state index in [1.54, 1.807) is 4.90 Å².